The molecule has 2 heterocycles. The van der Waals surface area contributed by atoms with E-state index in [1.165, 1.54) is 44.9 Å². The Hall–Kier alpha value is -0.0800. The van der Waals surface area contributed by atoms with Crippen LogP contribution < -0.4 is 0 Å². The molecule has 3 aliphatic rings. The van der Waals surface area contributed by atoms with Gasteiger partial charge in [-0.25, -0.2) is 0 Å². The van der Waals surface area contributed by atoms with Crippen LogP contribution in [0.3, 0.4) is 0 Å². The fourth-order valence-electron chi connectivity index (χ4n) is 3.97. The molecule has 1 N–H and O–H groups in total. The third kappa shape index (κ3) is 1.31. The molecule has 0 spiro atoms. The largest absolute Gasteiger partial charge is 0.391 e. The van der Waals surface area contributed by atoms with Crippen LogP contribution in [0.4, 0.5) is 0 Å². The SMILES string of the molecule is O[C@@H]1CCC[C@H]1N1C2CCCC1CC2. The molecule has 0 aromatic heterocycles. The molecule has 1 aliphatic carbocycles. The Bertz CT molecular complexity index is 202. The van der Waals surface area contributed by atoms with E-state index in [1.54, 1.807) is 0 Å². The van der Waals surface area contributed by atoms with Crippen LogP contribution in [0.15, 0.2) is 0 Å². The third-order valence-electron chi connectivity index (χ3n) is 4.58. The minimum atomic E-state index is -0.0174. The van der Waals surface area contributed by atoms with Gasteiger partial charge in [-0.15, -0.1) is 0 Å². The lowest BCUT2D eigenvalue weighted by Gasteiger charge is -2.40. The lowest BCUT2D eigenvalue weighted by atomic mass is 9.99. The monoisotopic (exact) mass is 195 g/mol. The van der Waals surface area contributed by atoms with Crippen LogP contribution in [-0.2, 0) is 0 Å². The summed E-state index contributed by atoms with van der Waals surface area (Å²) in [6.45, 7) is 0. The van der Waals surface area contributed by atoms with Gasteiger partial charge in [0.05, 0.1) is 6.10 Å². The quantitative estimate of drug-likeness (QED) is 0.691. The summed E-state index contributed by atoms with van der Waals surface area (Å²) in [5.74, 6) is 0. The second kappa shape index (κ2) is 3.49. The Labute approximate surface area is 86.3 Å². The first kappa shape index (κ1) is 9.17. The molecule has 2 bridgehead atoms. The fourth-order valence-corrected chi connectivity index (χ4v) is 3.97. The third-order valence-corrected chi connectivity index (χ3v) is 4.58. The van der Waals surface area contributed by atoms with Crippen LogP contribution in [0.2, 0.25) is 0 Å². The molecule has 3 fully saturated rings. The molecule has 0 amide bonds. The molecule has 14 heavy (non-hydrogen) atoms. The zero-order valence-electron chi connectivity index (χ0n) is 8.86. The van der Waals surface area contributed by atoms with E-state index in [0.29, 0.717) is 6.04 Å². The fraction of sp³-hybridized carbons (Fsp3) is 1.00. The summed E-state index contributed by atoms with van der Waals surface area (Å²) in [5, 5.41) is 9.96. The Morgan fingerprint density at radius 1 is 0.786 bits per heavy atom. The van der Waals surface area contributed by atoms with E-state index in [2.05, 4.69) is 4.90 Å². The van der Waals surface area contributed by atoms with E-state index < -0.39 is 0 Å². The summed E-state index contributed by atoms with van der Waals surface area (Å²) in [5.41, 5.74) is 0. The van der Waals surface area contributed by atoms with Crippen molar-refractivity contribution in [1.82, 2.24) is 4.90 Å². The predicted molar refractivity (Wildman–Crippen MR) is 56.1 cm³/mol. The van der Waals surface area contributed by atoms with E-state index in [1.807, 2.05) is 0 Å². The van der Waals surface area contributed by atoms with Gasteiger partial charge >= 0.3 is 0 Å². The number of aliphatic hydroxyl groups excluding tert-OH is 1. The maximum Gasteiger partial charge on any atom is 0.0695 e. The van der Waals surface area contributed by atoms with Crippen LogP contribution in [-0.4, -0.2) is 34.2 Å². The summed E-state index contributed by atoms with van der Waals surface area (Å²) >= 11 is 0. The molecule has 0 aromatic carbocycles. The zero-order chi connectivity index (χ0) is 9.54. The van der Waals surface area contributed by atoms with Gasteiger partial charge in [-0.1, -0.05) is 6.42 Å². The molecule has 2 saturated heterocycles. The van der Waals surface area contributed by atoms with E-state index in [9.17, 15) is 5.11 Å². The molecule has 2 nitrogen and oxygen atoms in total. The summed E-state index contributed by atoms with van der Waals surface area (Å²) in [7, 11) is 0. The number of fused-ring (bicyclic) bond motifs is 2. The second-order valence-corrected chi connectivity index (χ2v) is 5.33. The van der Waals surface area contributed by atoms with E-state index in [4.69, 9.17) is 0 Å². The van der Waals surface area contributed by atoms with Crippen molar-refractivity contribution < 1.29 is 5.11 Å². The normalized spacial score (nSPS) is 48.6. The highest BCUT2D eigenvalue weighted by molar-refractivity contribution is 4.98. The van der Waals surface area contributed by atoms with Crippen molar-refractivity contribution >= 4 is 0 Å². The van der Waals surface area contributed by atoms with Crippen molar-refractivity contribution in [2.45, 2.75) is 75.6 Å². The zero-order valence-corrected chi connectivity index (χ0v) is 8.86. The van der Waals surface area contributed by atoms with Gasteiger partial charge < -0.3 is 5.11 Å². The standard InChI is InChI=1S/C12H21NO/c14-12-6-2-5-11(12)13-9-3-1-4-10(13)8-7-9/h9-12,14H,1-8H2/t9?,10?,11-,12-/m1/s1. The first-order valence-electron chi connectivity index (χ1n) is 6.32. The molecule has 2 aliphatic heterocycles. The first-order valence-corrected chi connectivity index (χ1v) is 6.32. The van der Waals surface area contributed by atoms with Gasteiger partial charge in [-0.05, 0) is 44.9 Å². The maximum atomic E-state index is 9.96. The Morgan fingerprint density at radius 3 is 2.00 bits per heavy atom. The Kier molecular flexibility index (Phi) is 2.29. The van der Waals surface area contributed by atoms with E-state index >= 15 is 0 Å². The Balaban J connectivity index is 1.77. The number of piperidine rings is 1. The summed E-state index contributed by atoms with van der Waals surface area (Å²) in [4.78, 5) is 2.70. The minimum absolute atomic E-state index is 0.0174. The molecule has 1 saturated carbocycles. The average molecular weight is 195 g/mol. The topological polar surface area (TPSA) is 23.5 Å². The highest BCUT2D eigenvalue weighted by Crippen LogP contribution is 2.40. The van der Waals surface area contributed by atoms with Gasteiger partial charge in [0.1, 0.15) is 0 Å². The van der Waals surface area contributed by atoms with Crippen LogP contribution >= 0.6 is 0 Å². The van der Waals surface area contributed by atoms with Gasteiger partial charge in [0, 0.05) is 18.1 Å². The number of hydrogen-bond donors (Lipinski definition) is 1. The van der Waals surface area contributed by atoms with Gasteiger partial charge in [0.2, 0.25) is 0 Å². The molecular weight excluding hydrogens is 174 g/mol. The molecule has 2 unspecified atom stereocenters. The first-order chi connectivity index (χ1) is 6.86. The lowest BCUT2D eigenvalue weighted by Crippen LogP contribution is -2.49. The van der Waals surface area contributed by atoms with Crippen molar-refractivity contribution in [1.29, 1.82) is 0 Å². The second-order valence-electron chi connectivity index (χ2n) is 5.33. The predicted octanol–water partition coefficient (Wildman–Crippen LogP) is 1.92. The van der Waals surface area contributed by atoms with Crippen molar-refractivity contribution in [3.05, 3.63) is 0 Å². The molecule has 2 heteroatoms. The van der Waals surface area contributed by atoms with Crippen molar-refractivity contribution in [3.8, 4) is 0 Å². The van der Waals surface area contributed by atoms with E-state index in [-0.39, 0.29) is 6.10 Å². The minimum Gasteiger partial charge on any atom is -0.391 e. The highest BCUT2D eigenvalue weighted by atomic mass is 16.3. The van der Waals surface area contributed by atoms with Crippen molar-refractivity contribution in [2.24, 2.45) is 0 Å². The summed E-state index contributed by atoms with van der Waals surface area (Å²) in [6, 6.07) is 2.17. The molecule has 80 valence electrons. The average Bonchev–Trinajstić information content (AvgIpc) is 2.67. The van der Waals surface area contributed by atoms with Gasteiger partial charge in [-0.2, -0.15) is 0 Å². The maximum absolute atomic E-state index is 9.96. The van der Waals surface area contributed by atoms with Crippen LogP contribution in [0.25, 0.3) is 0 Å². The lowest BCUT2D eigenvalue weighted by molar-refractivity contribution is 0.0195. The molecule has 4 atom stereocenters. The Morgan fingerprint density at radius 2 is 1.43 bits per heavy atom. The van der Waals surface area contributed by atoms with Crippen LogP contribution in [0.5, 0.6) is 0 Å². The van der Waals surface area contributed by atoms with Crippen LogP contribution in [0, 0.1) is 0 Å². The molecule has 0 aromatic rings. The number of rotatable bonds is 1. The summed E-state index contributed by atoms with van der Waals surface area (Å²) in [6.07, 6.45) is 10.5. The molecule has 3 rings (SSSR count). The number of hydrogen-bond acceptors (Lipinski definition) is 2. The van der Waals surface area contributed by atoms with Crippen molar-refractivity contribution in [2.75, 3.05) is 0 Å². The van der Waals surface area contributed by atoms with Gasteiger partial charge in [-0.3, -0.25) is 4.90 Å². The van der Waals surface area contributed by atoms with Gasteiger partial charge in [0.25, 0.3) is 0 Å². The van der Waals surface area contributed by atoms with E-state index in [0.717, 1.165) is 18.5 Å². The number of aliphatic hydroxyl groups is 1. The number of nitrogens with zero attached hydrogens (tertiary/aromatic N) is 1. The highest BCUT2D eigenvalue weighted by Gasteiger charge is 2.43. The smallest absolute Gasteiger partial charge is 0.0695 e. The summed E-state index contributed by atoms with van der Waals surface area (Å²) < 4.78 is 0. The van der Waals surface area contributed by atoms with Crippen LogP contribution in [0.1, 0.15) is 51.4 Å². The van der Waals surface area contributed by atoms with Gasteiger partial charge in [0.15, 0.2) is 0 Å². The van der Waals surface area contributed by atoms with Crippen molar-refractivity contribution in [3.63, 3.8) is 0 Å². The molecule has 0 radical (unpaired) electrons. The molecular formula is C12H21NO.